The third kappa shape index (κ3) is 3.85. The number of ether oxygens (including phenoxy) is 1. The minimum Gasteiger partial charge on any atom is -0.497 e. The molecule has 2 aliphatic rings. The highest BCUT2D eigenvalue weighted by atomic mass is 16.5. The van der Waals surface area contributed by atoms with Crippen molar-refractivity contribution in [2.24, 2.45) is 5.92 Å². The van der Waals surface area contributed by atoms with Gasteiger partial charge in [0.05, 0.1) is 18.5 Å². The zero-order valence-corrected chi connectivity index (χ0v) is 18.5. The summed E-state index contributed by atoms with van der Waals surface area (Å²) in [5.41, 5.74) is 9.59. The molecule has 1 aliphatic carbocycles. The summed E-state index contributed by atoms with van der Waals surface area (Å²) < 4.78 is 6.94. The van der Waals surface area contributed by atoms with E-state index in [1.54, 1.807) is 11.8 Å². The van der Waals surface area contributed by atoms with Crippen molar-refractivity contribution >= 4 is 11.7 Å². The van der Waals surface area contributed by atoms with Crippen molar-refractivity contribution in [3.05, 3.63) is 60.2 Å². The van der Waals surface area contributed by atoms with Crippen LogP contribution in [0.5, 0.6) is 5.75 Å². The molecule has 2 atom stereocenters. The molecule has 6 heteroatoms. The zero-order chi connectivity index (χ0) is 22.1. The second-order valence-electron chi connectivity index (χ2n) is 8.89. The standard InChI is InChI=1S/C26H30N4O2/c1-32-22-14-10-18(11-15-22)23-17-25(27)30(28-23)21-12-8-20(9-13-21)26(31)29-16-4-6-19-5-2-3-7-24(19)29/h8-15,17,19,24H,2-7,16,27H2,1H3. The normalized spacial score (nSPS) is 20.6. The zero-order valence-electron chi connectivity index (χ0n) is 18.5. The molecule has 2 unspecified atom stereocenters. The van der Waals surface area contributed by atoms with Gasteiger partial charge in [0, 0.05) is 29.8 Å². The summed E-state index contributed by atoms with van der Waals surface area (Å²) in [7, 11) is 1.65. The summed E-state index contributed by atoms with van der Waals surface area (Å²) >= 11 is 0. The molecule has 2 fully saturated rings. The van der Waals surface area contributed by atoms with Crippen LogP contribution >= 0.6 is 0 Å². The highest BCUT2D eigenvalue weighted by Crippen LogP contribution is 2.36. The minimum atomic E-state index is 0.153. The summed E-state index contributed by atoms with van der Waals surface area (Å²) in [6.45, 7) is 0.874. The molecule has 1 aromatic heterocycles. The molecule has 0 spiro atoms. The lowest BCUT2D eigenvalue weighted by atomic mass is 9.78. The smallest absolute Gasteiger partial charge is 0.254 e. The Bertz CT molecular complexity index is 1090. The van der Waals surface area contributed by atoms with Crippen LogP contribution in [0.3, 0.4) is 0 Å². The van der Waals surface area contributed by atoms with Crippen molar-refractivity contribution < 1.29 is 9.53 Å². The number of amides is 1. The lowest BCUT2D eigenvalue weighted by Gasteiger charge is -2.44. The number of nitrogens with zero attached hydrogens (tertiary/aromatic N) is 3. The number of fused-ring (bicyclic) bond motifs is 1. The topological polar surface area (TPSA) is 73.4 Å². The van der Waals surface area contributed by atoms with Gasteiger partial charge in [0.25, 0.3) is 5.91 Å². The summed E-state index contributed by atoms with van der Waals surface area (Å²) in [6.07, 6.45) is 7.33. The van der Waals surface area contributed by atoms with E-state index in [4.69, 9.17) is 10.5 Å². The lowest BCUT2D eigenvalue weighted by molar-refractivity contribution is 0.0390. The molecule has 5 rings (SSSR count). The number of carbonyl (C=O) groups is 1. The van der Waals surface area contributed by atoms with Crippen molar-refractivity contribution in [2.45, 2.75) is 44.6 Å². The van der Waals surface area contributed by atoms with E-state index in [0.29, 0.717) is 17.8 Å². The van der Waals surface area contributed by atoms with E-state index in [1.807, 2.05) is 54.6 Å². The fourth-order valence-corrected chi connectivity index (χ4v) is 5.29. The first-order valence-corrected chi connectivity index (χ1v) is 11.6. The van der Waals surface area contributed by atoms with E-state index in [9.17, 15) is 4.79 Å². The maximum Gasteiger partial charge on any atom is 0.254 e. The quantitative estimate of drug-likeness (QED) is 0.637. The second-order valence-corrected chi connectivity index (χ2v) is 8.89. The average Bonchev–Trinajstić information content (AvgIpc) is 3.25. The van der Waals surface area contributed by atoms with Gasteiger partial charge in [-0.15, -0.1) is 0 Å². The first-order valence-electron chi connectivity index (χ1n) is 11.6. The highest BCUT2D eigenvalue weighted by molar-refractivity contribution is 5.94. The molecule has 3 aromatic rings. The van der Waals surface area contributed by atoms with Gasteiger partial charge in [-0.3, -0.25) is 4.79 Å². The number of anilines is 1. The molecule has 2 N–H and O–H groups in total. The molecule has 2 heterocycles. The largest absolute Gasteiger partial charge is 0.497 e. The van der Waals surface area contributed by atoms with Crippen molar-refractivity contribution in [1.82, 2.24) is 14.7 Å². The molecule has 0 bridgehead atoms. The molecule has 0 radical (unpaired) electrons. The van der Waals surface area contributed by atoms with E-state index in [1.165, 1.54) is 25.7 Å². The van der Waals surface area contributed by atoms with Crippen LogP contribution in [0.4, 0.5) is 5.82 Å². The number of methoxy groups -OCH3 is 1. The number of hydrogen-bond acceptors (Lipinski definition) is 4. The molecule has 32 heavy (non-hydrogen) atoms. The van der Waals surface area contributed by atoms with Gasteiger partial charge in [0.1, 0.15) is 11.6 Å². The SMILES string of the molecule is COc1ccc(-c2cc(N)n(-c3ccc(C(=O)N4CCCC5CCCCC54)cc3)n2)cc1. The number of hydrogen-bond donors (Lipinski definition) is 1. The first kappa shape index (κ1) is 20.6. The lowest BCUT2D eigenvalue weighted by Crippen LogP contribution is -2.49. The maximum absolute atomic E-state index is 13.3. The molecule has 1 amide bonds. The Balaban J connectivity index is 1.35. The molecule has 6 nitrogen and oxygen atoms in total. The number of carbonyl (C=O) groups excluding carboxylic acids is 1. The number of aromatic nitrogens is 2. The fraction of sp³-hybridized carbons (Fsp3) is 0.385. The predicted octanol–water partition coefficient (Wildman–Crippen LogP) is 4.92. The van der Waals surface area contributed by atoms with Gasteiger partial charge in [-0.1, -0.05) is 12.8 Å². The van der Waals surface area contributed by atoms with E-state index in [0.717, 1.165) is 47.6 Å². The van der Waals surface area contributed by atoms with Gasteiger partial charge in [0.2, 0.25) is 0 Å². The molecular formula is C26H30N4O2. The third-order valence-corrected chi connectivity index (χ3v) is 6.99. The van der Waals surface area contributed by atoms with Gasteiger partial charge in [-0.25, -0.2) is 4.68 Å². The highest BCUT2D eigenvalue weighted by Gasteiger charge is 2.35. The van der Waals surface area contributed by atoms with Crippen LogP contribution in [0.1, 0.15) is 48.9 Å². The Kier molecular flexibility index (Phi) is 5.60. The van der Waals surface area contributed by atoms with E-state index >= 15 is 0 Å². The molecule has 1 saturated heterocycles. The van der Waals surface area contributed by atoms with Crippen LogP contribution in [0.2, 0.25) is 0 Å². The summed E-state index contributed by atoms with van der Waals surface area (Å²) in [4.78, 5) is 15.4. The maximum atomic E-state index is 13.3. The van der Waals surface area contributed by atoms with Crippen molar-refractivity contribution in [1.29, 1.82) is 0 Å². The van der Waals surface area contributed by atoms with Crippen molar-refractivity contribution in [3.8, 4) is 22.7 Å². The molecule has 166 valence electrons. The summed E-state index contributed by atoms with van der Waals surface area (Å²) in [5.74, 6) is 2.19. The predicted molar refractivity (Wildman–Crippen MR) is 126 cm³/mol. The van der Waals surface area contributed by atoms with Crippen LogP contribution in [-0.2, 0) is 0 Å². The Morgan fingerprint density at radius 1 is 1.00 bits per heavy atom. The van der Waals surface area contributed by atoms with Crippen LogP contribution in [-0.4, -0.2) is 40.3 Å². The number of likely N-dealkylation sites (tertiary alicyclic amines) is 1. The second kappa shape index (κ2) is 8.69. The number of rotatable bonds is 4. The van der Waals surface area contributed by atoms with Gasteiger partial charge in [-0.05, 0) is 80.1 Å². The van der Waals surface area contributed by atoms with Crippen molar-refractivity contribution in [3.63, 3.8) is 0 Å². The third-order valence-electron chi connectivity index (χ3n) is 6.99. The molecular weight excluding hydrogens is 400 g/mol. The number of benzene rings is 2. The fourth-order valence-electron chi connectivity index (χ4n) is 5.29. The van der Waals surface area contributed by atoms with Gasteiger partial charge < -0.3 is 15.4 Å². The van der Waals surface area contributed by atoms with Gasteiger partial charge in [0.15, 0.2) is 0 Å². The molecule has 2 aromatic carbocycles. The number of nitrogens with two attached hydrogens (primary N) is 1. The summed E-state index contributed by atoms with van der Waals surface area (Å²) in [5, 5.41) is 4.68. The van der Waals surface area contributed by atoms with Crippen LogP contribution in [0.25, 0.3) is 16.9 Å². The average molecular weight is 431 g/mol. The Morgan fingerprint density at radius 3 is 2.47 bits per heavy atom. The Labute approximate surface area is 189 Å². The Morgan fingerprint density at radius 2 is 1.72 bits per heavy atom. The molecule has 1 aliphatic heterocycles. The van der Waals surface area contributed by atoms with E-state index in [-0.39, 0.29) is 5.91 Å². The van der Waals surface area contributed by atoms with Crippen LogP contribution < -0.4 is 10.5 Å². The molecule has 1 saturated carbocycles. The first-order chi connectivity index (χ1) is 15.6. The monoisotopic (exact) mass is 430 g/mol. The van der Waals surface area contributed by atoms with Gasteiger partial charge >= 0.3 is 0 Å². The minimum absolute atomic E-state index is 0.153. The van der Waals surface area contributed by atoms with Crippen molar-refractivity contribution in [2.75, 3.05) is 19.4 Å². The van der Waals surface area contributed by atoms with E-state index in [2.05, 4.69) is 10.00 Å². The van der Waals surface area contributed by atoms with Crippen LogP contribution in [0, 0.1) is 5.92 Å². The summed E-state index contributed by atoms with van der Waals surface area (Å²) in [6, 6.07) is 17.7. The van der Waals surface area contributed by atoms with Crippen LogP contribution in [0.15, 0.2) is 54.6 Å². The number of nitrogen functional groups attached to an aromatic ring is 1. The van der Waals surface area contributed by atoms with E-state index < -0.39 is 0 Å². The van der Waals surface area contributed by atoms with Gasteiger partial charge in [-0.2, -0.15) is 5.10 Å². The Hall–Kier alpha value is -3.28. The number of piperidine rings is 1.